The van der Waals surface area contributed by atoms with E-state index in [0.717, 1.165) is 11.6 Å². The highest BCUT2D eigenvalue weighted by Gasteiger charge is 2.32. The van der Waals surface area contributed by atoms with Gasteiger partial charge in [-0.3, -0.25) is 0 Å². The van der Waals surface area contributed by atoms with E-state index in [1.165, 1.54) is 16.7 Å². The normalized spacial score (nSPS) is 15.1. The van der Waals surface area contributed by atoms with Crippen molar-refractivity contribution < 1.29 is 23.4 Å². The Kier molecular flexibility index (Phi) is 3.83. The maximum absolute atomic E-state index is 12.2. The maximum atomic E-state index is 12.2. The summed E-state index contributed by atoms with van der Waals surface area (Å²) in [6, 6.07) is 7.00. The molecule has 8 heteroatoms. The topological polar surface area (TPSA) is 104 Å². The first-order chi connectivity index (χ1) is 9.24. The van der Waals surface area contributed by atoms with E-state index < -0.39 is 28.1 Å². The molecule has 1 atom stereocenters. The van der Waals surface area contributed by atoms with Gasteiger partial charge in [0.25, 0.3) is 0 Å². The van der Waals surface area contributed by atoms with E-state index in [9.17, 15) is 18.3 Å². The lowest BCUT2D eigenvalue weighted by Crippen LogP contribution is -2.46. The molecule has 0 amide bonds. The third kappa shape index (κ3) is 2.83. The second-order valence-electron chi connectivity index (χ2n) is 4.50. The molecule has 2 aromatic rings. The highest BCUT2D eigenvalue weighted by molar-refractivity contribution is 7.90. The first-order valence-corrected chi connectivity index (χ1v) is 8.02. The molecule has 0 saturated carbocycles. The molecule has 1 aromatic heterocycles. The Morgan fingerprint density at radius 1 is 1.40 bits per heavy atom. The number of sulfonamides is 1. The molecule has 20 heavy (non-hydrogen) atoms. The van der Waals surface area contributed by atoms with E-state index in [2.05, 4.69) is 4.72 Å². The molecule has 1 heterocycles. The summed E-state index contributed by atoms with van der Waals surface area (Å²) in [4.78, 5) is 10.8. The van der Waals surface area contributed by atoms with E-state index in [1.807, 2.05) is 0 Å². The molecular formula is C12H13NO5S2. The quantitative estimate of drug-likeness (QED) is 0.764. The number of nitrogens with one attached hydrogen (secondary N) is 1. The molecule has 108 valence electrons. The van der Waals surface area contributed by atoms with Gasteiger partial charge in [0.2, 0.25) is 10.0 Å². The fourth-order valence-electron chi connectivity index (χ4n) is 1.55. The van der Waals surface area contributed by atoms with Crippen molar-refractivity contribution in [1.82, 2.24) is 4.72 Å². The molecule has 0 spiro atoms. The predicted molar refractivity (Wildman–Crippen MR) is 75.3 cm³/mol. The molecule has 1 unspecified atom stereocenters. The van der Waals surface area contributed by atoms with Crippen molar-refractivity contribution in [1.29, 1.82) is 0 Å². The van der Waals surface area contributed by atoms with Gasteiger partial charge in [-0.25, -0.2) is 17.9 Å². The molecule has 0 aliphatic carbocycles. The van der Waals surface area contributed by atoms with Crippen molar-refractivity contribution in [2.45, 2.75) is 17.4 Å². The number of aliphatic carboxylic acids is 1. The van der Waals surface area contributed by atoms with Gasteiger partial charge in [0.05, 0.1) is 6.54 Å². The number of carboxylic acids is 1. The first-order valence-electron chi connectivity index (χ1n) is 5.66. The van der Waals surface area contributed by atoms with Crippen molar-refractivity contribution in [3.05, 3.63) is 29.6 Å². The fraction of sp³-hybridized carbons (Fsp3) is 0.250. The molecule has 2 rings (SSSR count). The van der Waals surface area contributed by atoms with Crippen LogP contribution in [0, 0.1) is 0 Å². The summed E-state index contributed by atoms with van der Waals surface area (Å²) in [5, 5.41) is 20.4. The van der Waals surface area contributed by atoms with Crippen LogP contribution in [0.25, 0.3) is 10.1 Å². The number of fused-ring (bicyclic) bond motifs is 1. The molecule has 0 bridgehead atoms. The monoisotopic (exact) mass is 315 g/mol. The number of hydrogen-bond acceptors (Lipinski definition) is 5. The highest BCUT2D eigenvalue weighted by Crippen LogP contribution is 2.29. The van der Waals surface area contributed by atoms with Gasteiger partial charge in [-0.05, 0) is 13.0 Å². The summed E-state index contributed by atoms with van der Waals surface area (Å²) in [5.41, 5.74) is -2.15. The number of thiophene rings is 1. The van der Waals surface area contributed by atoms with Crippen molar-refractivity contribution >= 4 is 37.4 Å². The SMILES string of the molecule is CC(O)(CNS(=O)(=O)c1csc2ccccc12)C(=O)O. The van der Waals surface area contributed by atoms with Crippen molar-refractivity contribution in [2.75, 3.05) is 6.54 Å². The summed E-state index contributed by atoms with van der Waals surface area (Å²) in [7, 11) is -3.87. The van der Waals surface area contributed by atoms with Gasteiger partial charge in [-0.15, -0.1) is 11.3 Å². The Bertz CT molecular complexity index is 748. The summed E-state index contributed by atoms with van der Waals surface area (Å²) < 4.78 is 27.3. The van der Waals surface area contributed by atoms with Crippen LogP contribution in [0.4, 0.5) is 0 Å². The molecule has 3 N–H and O–H groups in total. The second-order valence-corrected chi connectivity index (χ2v) is 7.15. The molecule has 0 radical (unpaired) electrons. The van der Waals surface area contributed by atoms with Gasteiger partial charge in [0.15, 0.2) is 5.60 Å². The van der Waals surface area contributed by atoms with Gasteiger partial charge in [-0.1, -0.05) is 18.2 Å². The van der Waals surface area contributed by atoms with Crippen molar-refractivity contribution in [3.8, 4) is 0 Å². The lowest BCUT2D eigenvalue weighted by atomic mass is 10.1. The molecule has 0 aliphatic heterocycles. The number of rotatable bonds is 5. The number of benzene rings is 1. The van der Waals surface area contributed by atoms with E-state index in [-0.39, 0.29) is 4.90 Å². The summed E-state index contributed by atoms with van der Waals surface area (Å²) >= 11 is 1.28. The lowest BCUT2D eigenvalue weighted by Gasteiger charge is -2.18. The minimum absolute atomic E-state index is 0.0827. The molecule has 0 fully saturated rings. The van der Waals surface area contributed by atoms with Crippen LogP contribution in [-0.4, -0.2) is 36.7 Å². The minimum Gasteiger partial charge on any atom is -0.479 e. The number of carboxylic acid groups (broad SMARTS) is 1. The Balaban J connectivity index is 2.30. The van der Waals surface area contributed by atoms with E-state index in [1.54, 1.807) is 24.3 Å². The van der Waals surface area contributed by atoms with Crippen molar-refractivity contribution in [3.63, 3.8) is 0 Å². The van der Waals surface area contributed by atoms with Crippen LogP contribution in [0.3, 0.4) is 0 Å². The fourth-order valence-corrected chi connectivity index (χ4v) is 4.18. The first kappa shape index (κ1) is 14.9. The van der Waals surface area contributed by atoms with Gasteiger partial charge in [-0.2, -0.15) is 0 Å². The highest BCUT2D eigenvalue weighted by atomic mass is 32.2. The van der Waals surface area contributed by atoms with E-state index >= 15 is 0 Å². The third-order valence-electron chi connectivity index (χ3n) is 2.80. The predicted octanol–water partition coefficient (Wildman–Crippen LogP) is 1.02. The minimum atomic E-state index is -3.87. The van der Waals surface area contributed by atoms with Crippen LogP contribution in [0.1, 0.15) is 6.92 Å². The zero-order chi connectivity index (χ0) is 15.0. The van der Waals surface area contributed by atoms with E-state index in [0.29, 0.717) is 5.39 Å². The van der Waals surface area contributed by atoms with Gasteiger partial charge in [0, 0.05) is 15.5 Å². The van der Waals surface area contributed by atoms with Crippen LogP contribution in [0.5, 0.6) is 0 Å². The molecule has 1 aromatic carbocycles. The molecule has 6 nitrogen and oxygen atoms in total. The largest absolute Gasteiger partial charge is 0.479 e. The molecular weight excluding hydrogens is 302 g/mol. The van der Waals surface area contributed by atoms with Crippen LogP contribution in [0.15, 0.2) is 34.5 Å². The van der Waals surface area contributed by atoms with Crippen LogP contribution < -0.4 is 4.72 Å². The zero-order valence-corrected chi connectivity index (χ0v) is 12.2. The van der Waals surface area contributed by atoms with E-state index in [4.69, 9.17) is 5.11 Å². The number of aliphatic hydroxyl groups is 1. The van der Waals surface area contributed by atoms with Crippen molar-refractivity contribution in [2.24, 2.45) is 0 Å². The number of hydrogen-bond donors (Lipinski definition) is 3. The average molecular weight is 315 g/mol. The Morgan fingerprint density at radius 2 is 2.05 bits per heavy atom. The smallest absolute Gasteiger partial charge is 0.336 e. The second kappa shape index (κ2) is 5.13. The van der Waals surface area contributed by atoms with Gasteiger partial charge in [0.1, 0.15) is 4.90 Å². The number of carbonyl (C=O) groups is 1. The van der Waals surface area contributed by atoms with Crippen LogP contribution in [0.2, 0.25) is 0 Å². The standard InChI is InChI=1S/C12H13NO5S2/c1-12(16,11(14)15)7-13-20(17,18)10-6-19-9-5-3-2-4-8(9)10/h2-6,13,16H,7H2,1H3,(H,14,15). The molecule has 0 aliphatic rings. The van der Waals surface area contributed by atoms with Gasteiger partial charge >= 0.3 is 5.97 Å². The average Bonchev–Trinajstić information content (AvgIpc) is 2.81. The summed E-state index contributed by atoms with van der Waals surface area (Å²) in [6.45, 7) is 0.429. The molecule has 0 saturated heterocycles. The Morgan fingerprint density at radius 3 is 2.70 bits per heavy atom. The third-order valence-corrected chi connectivity index (χ3v) is 5.36. The lowest BCUT2D eigenvalue weighted by molar-refractivity contribution is -0.155. The zero-order valence-electron chi connectivity index (χ0n) is 10.5. The summed E-state index contributed by atoms with van der Waals surface area (Å²) in [6.07, 6.45) is 0. The van der Waals surface area contributed by atoms with Crippen LogP contribution in [-0.2, 0) is 14.8 Å². The van der Waals surface area contributed by atoms with Crippen LogP contribution >= 0.6 is 11.3 Å². The maximum Gasteiger partial charge on any atom is 0.336 e. The Labute approximate surface area is 119 Å². The van der Waals surface area contributed by atoms with Gasteiger partial charge < -0.3 is 10.2 Å². The Hall–Kier alpha value is -1.48. The summed E-state index contributed by atoms with van der Waals surface area (Å²) in [5.74, 6) is -1.49.